The van der Waals surface area contributed by atoms with Crippen LogP contribution in [0.5, 0.6) is 0 Å². The molecule has 5 nitrogen and oxygen atoms in total. The molecule has 2 aromatic rings. The van der Waals surface area contributed by atoms with E-state index in [0.29, 0.717) is 12.6 Å². The first-order valence-electron chi connectivity index (χ1n) is 10.3. The van der Waals surface area contributed by atoms with E-state index in [-0.39, 0.29) is 0 Å². The molecule has 0 saturated heterocycles. The Labute approximate surface area is 164 Å². The number of pyridine rings is 1. The number of nitrogens with zero attached hydrogens (tertiary/aromatic N) is 3. The fraction of sp³-hybridized carbons (Fsp3) is 0.545. The Morgan fingerprint density at radius 3 is 2.67 bits per heavy atom. The molecule has 1 aromatic carbocycles. The molecular weight excluding hydrogens is 334 g/mol. The lowest BCUT2D eigenvalue weighted by Gasteiger charge is -2.21. The Morgan fingerprint density at radius 1 is 1.15 bits per heavy atom. The molecule has 27 heavy (non-hydrogen) atoms. The lowest BCUT2D eigenvalue weighted by molar-refractivity contribution is 0.292. The molecule has 1 unspecified atom stereocenters. The van der Waals surface area contributed by atoms with Gasteiger partial charge in [0, 0.05) is 24.2 Å². The topological polar surface area (TPSA) is 52.6 Å². The third kappa shape index (κ3) is 6.83. The zero-order valence-electron chi connectivity index (χ0n) is 17.3. The monoisotopic (exact) mass is 369 g/mol. The molecule has 0 aliphatic heterocycles. The van der Waals surface area contributed by atoms with Crippen LogP contribution in [0.4, 0.5) is 0 Å². The van der Waals surface area contributed by atoms with Crippen LogP contribution in [-0.2, 0) is 6.54 Å². The van der Waals surface area contributed by atoms with Crippen molar-refractivity contribution in [3.63, 3.8) is 0 Å². The van der Waals surface area contributed by atoms with Gasteiger partial charge in [0.25, 0.3) is 0 Å². The summed E-state index contributed by atoms with van der Waals surface area (Å²) in [5.41, 5.74) is 2.19. The fourth-order valence-electron chi connectivity index (χ4n) is 3.25. The quantitative estimate of drug-likeness (QED) is 0.494. The van der Waals surface area contributed by atoms with Crippen molar-refractivity contribution < 1.29 is 0 Å². The molecule has 0 aliphatic rings. The van der Waals surface area contributed by atoms with Gasteiger partial charge in [-0.15, -0.1) is 0 Å². The Balaban J connectivity index is 1.95. The molecule has 0 fully saturated rings. The molecule has 1 heterocycles. The van der Waals surface area contributed by atoms with Crippen molar-refractivity contribution in [3.05, 3.63) is 42.1 Å². The second kappa shape index (κ2) is 11.5. The number of benzene rings is 1. The summed E-state index contributed by atoms with van der Waals surface area (Å²) in [6, 6.07) is 10.7. The molecule has 5 heteroatoms. The Morgan fingerprint density at radius 2 is 1.93 bits per heavy atom. The van der Waals surface area contributed by atoms with Gasteiger partial charge < -0.3 is 15.5 Å². The van der Waals surface area contributed by atoms with Crippen molar-refractivity contribution in [1.29, 1.82) is 0 Å². The van der Waals surface area contributed by atoms with E-state index in [9.17, 15) is 0 Å². The molecule has 0 bridgehead atoms. The van der Waals surface area contributed by atoms with Crippen LogP contribution in [0.3, 0.4) is 0 Å². The maximum Gasteiger partial charge on any atom is 0.191 e. The van der Waals surface area contributed by atoms with Crippen LogP contribution in [0.2, 0.25) is 0 Å². The van der Waals surface area contributed by atoms with E-state index in [1.165, 1.54) is 6.42 Å². The summed E-state index contributed by atoms with van der Waals surface area (Å²) in [6.07, 6.45) is 4.18. The zero-order valence-corrected chi connectivity index (χ0v) is 17.3. The second-order valence-electron chi connectivity index (χ2n) is 6.90. The zero-order chi connectivity index (χ0) is 19.5. The number of para-hydroxylation sites is 1. The highest BCUT2D eigenvalue weighted by Crippen LogP contribution is 2.16. The van der Waals surface area contributed by atoms with Crippen LogP contribution < -0.4 is 10.6 Å². The molecule has 2 N–H and O–H groups in total. The van der Waals surface area contributed by atoms with Gasteiger partial charge in [-0.2, -0.15) is 0 Å². The maximum atomic E-state index is 4.79. The molecular formula is C22H35N5. The van der Waals surface area contributed by atoms with Gasteiger partial charge in [-0.1, -0.05) is 38.1 Å². The molecule has 0 aliphatic carbocycles. The summed E-state index contributed by atoms with van der Waals surface area (Å²) in [6.45, 7) is 13.7. The minimum absolute atomic E-state index is 0.393. The SMILES string of the molecule is CCNC(=NCc1cccc2cccnc12)NC(C)CCCN(CC)CC. The summed E-state index contributed by atoms with van der Waals surface area (Å²) in [7, 11) is 0. The maximum absolute atomic E-state index is 4.79. The van der Waals surface area contributed by atoms with E-state index in [4.69, 9.17) is 4.99 Å². The molecule has 148 valence electrons. The largest absolute Gasteiger partial charge is 0.357 e. The third-order valence-corrected chi connectivity index (χ3v) is 4.86. The molecule has 0 spiro atoms. The number of rotatable bonds is 10. The summed E-state index contributed by atoms with van der Waals surface area (Å²) < 4.78 is 0. The standard InChI is InChI=1S/C22H35N5/c1-5-23-22(26-18(4)11-10-16-27(6-2)7-3)25-17-20-13-8-12-19-14-9-15-24-21(19)20/h8-9,12-15,18H,5-7,10-11,16-17H2,1-4H3,(H2,23,25,26). The van der Waals surface area contributed by atoms with Crippen LogP contribution >= 0.6 is 0 Å². The second-order valence-corrected chi connectivity index (χ2v) is 6.90. The minimum Gasteiger partial charge on any atom is -0.357 e. The normalized spacial score (nSPS) is 13.1. The third-order valence-electron chi connectivity index (χ3n) is 4.86. The fourth-order valence-corrected chi connectivity index (χ4v) is 3.25. The summed E-state index contributed by atoms with van der Waals surface area (Å²) in [5, 5.41) is 8.07. The number of hydrogen-bond donors (Lipinski definition) is 2. The molecule has 0 saturated carbocycles. The summed E-state index contributed by atoms with van der Waals surface area (Å²) >= 11 is 0. The van der Waals surface area contributed by atoms with Crippen LogP contribution in [0.15, 0.2) is 41.5 Å². The number of fused-ring (bicyclic) bond motifs is 1. The lowest BCUT2D eigenvalue weighted by atomic mass is 10.1. The van der Waals surface area contributed by atoms with Gasteiger partial charge >= 0.3 is 0 Å². The van der Waals surface area contributed by atoms with Gasteiger partial charge in [-0.05, 0) is 58.0 Å². The number of aliphatic imine (C=N–C) groups is 1. The van der Waals surface area contributed by atoms with Gasteiger partial charge in [0.05, 0.1) is 12.1 Å². The van der Waals surface area contributed by atoms with E-state index >= 15 is 0 Å². The molecule has 0 amide bonds. The van der Waals surface area contributed by atoms with Crippen LogP contribution in [0.25, 0.3) is 10.9 Å². The first-order chi connectivity index (χ1) is 13.2. The van der Waals surface area contributed by atoms with Crippen molar-refractivity contribution in [2.45, 2.75) is 53.1 Å². The van der Waals surface area contributed by atoms with E-state index in [1.54, 1.807) is 0 Å². The van der Waals surface area contributed by atoms with E-state index in [2.05, 4.69) is 72.5 Å². The lowest BCUT2D eigenvalue weighted by Crippen LogP contribution is -2.42. The molecule has 0 radical (unpaired) electrons. The van der Waals surface area contributed by atoms with E-state index in [1.807, 2.05) is 12.3 Å². The van der Waals surface area contributed by atoms with Crippen molar-refractivity contribution in [2.75, 3.05) is 26.2 Å². The average Bonchev–Trinajstić information content (AvgIpc) is 2.69. The van der Waals surface area contributed by atoms with Gasteiger partial charge in [0.15, 0.2) is 5.96 Å². The van der Waals surface area contributed by atoms with E-state index < -0.39 is 0 Å². The Kier molecular flexibility index (Phi) is 9.05. The van der Waals surface area contributed by atoms with Crippen LogP contribution in [-0.4, -0.2) is 48.1 Å². The van der Waals surface area contributed by atoms with Gasteiger partial charge in [-0.25, -0.2) is 4.99 Å². The van der Waals surface area contributed by atoms with Gasteiger partial charge in [0.1, 0.15) is 0 Å². The first-order valence-corrected chi connectivity index (χ1v) is 10.3. The molecule has 2 rings (SSSR count). The van der Waals surface area contributed by atoms with Crippen LogP contribution in [0, 0.1) is 0 Å². The minimum atomic E-state index is 0.393. The summed E-state index contributed by atoms with van der Waals surface area (Å²) in [4.78, 5) is 11.8. The Bertz CT molecular complexity index is 703. The van der Waals surface area contributed by atoms with Crippen molar-refractivity contribution in [1.82, 2.24) is 20.5 Å². The predicted molar refractivity (Wildman–Crippen MR) is 116 cm³/mol. The van der Waals surface area contributed by atoms with E-state index in [0.717, 1.165) is 55.0 Å². The highest BCUT2D eigenvalue weighted by atomic mass is 15.2. The highest BCUT2D eigenvalue weighted by molar-refractivity contribution is 5.83. The van der Waals surface area contributed by atoms with Crippen molar-refractivity contribution >= 4 is 16.9 Å². The smallest absolute Gasteiger partial charge is 0.191 e. The number of hydrogen-bond acceptors (Lipinski definition) is 3. The van der Waals surface area contributed by atoms with Crippen molar-refractivity contribution in [3.8, 4) is 0 Å². The number of nitrogens with one attached hydrogen (secondary N) is 2. The van der Waals surface area contributed by atoms with Gasteiger partial charge in [0.2, 0.25) is 0 Å². The Hall–Kier alpha value is -2.14. The predicted octanol–water partition coefficient (Wildman–Crippen LogP) is 3.80. The highest BCUT2D eigenvalue weighted by Gasteiger charge is 2.07. The first kappa shape index (κ1) is 21.2. The molecule has 1 aromatic heterocycles. The number of aromatic nitrogens is 1. The average molecular weight is 370 g/mol. The molecule has 1 atom stereocenters. The van der Waals surface area contributed by atoms with Crippen molar-refractivity contribution in [2.24, 2.45) is 4.99 Å². The van der Waals surface area contributed by atoms with Crippen LogP contribution in [0.1, 0.15) is 46.1 Å². The van der Waals surface area contributed by atoms with Gasteiger partial charge in [-0.3, -0.25) is 4.98 Å². The summed E-state index contributed by atoms with van der Waals surface area (Å²) in [5.74, 6) is 0.876. The number of guanidine groups is 1.